The van der Waals surface area contributed by atoms with Gasteiger partial charge in [-0.1, -0.05) is 22.0 Å². The fraction of sp³-hybridized carbons (Fsp3) is 0.269. The zero-order valence-corrected chi connectivity index (χ0v) is 20.6. The predicted octanol–water partition coefficient (Wildman–Crippen LogP) is 3.58. The van der Waals surface area contributed by atoms with E-state index >= 15 is 0 Å². The number of Topliss-reactive ketones (excluding diaryl/α,β-unsaturated/α-hetero) is 1. The Hall–Kier alpha value is -3.79. The summed E-state index contributed by atoms with van der Waals surface area (Å²) in [6, 6.07) is 9.10. The number of nitrogens with one attached hydrogen (secondary N) is 1. The minimum atomic E-state index is -0.736. The van der Waals surface area contributed by atoms with Crippen molar-refractivity contribution in [2.24, 2.45) is 4.99 Å². The Morgan fingerprint density at radius 2 is 1.89 bits per heavy atom. The molecule has 3 amide bonds. The number of allylic oxidation sites excluding steroid dienone is 2. The molecule has 2 unspecified atom stereocenters. The standard InChI is InChI=1S/C26H22BrN3O6/c27-19-5-4-14(31)10-16(19)13-8-22(32)17(23(33)9-13)11-28-20-3-1-2-15-18(20)12-30(26(15)36)21-6-7-24(34)29-25(21)35/h1-5,10-11,13,21,31-32H,6-9,12H2,(H,29,34,35). The first-order valence-electron chi connectivity index (χ1n) is 11.5. The second-order valence-corrected chi connectivity index (χ2v) is 9.91. The van der Waals surface area contributed by atoms with Gasteiger partial charge < -0.3 is 15.1 Å². The van der Waals surface area contributed by atoms with Crippen molar-refractivity contribution in [2.75, 3.05) is 0 Å². The Morgan fingerprint density at radius 1 is 1.08 bits per heavy atom. The largest absolute Gasteiger partial charge is 0.511 e. The van der Waals surface area contributed by atoms with E-state index in [0.29, 0.717) is 16.8 Å². The number of nitrogens with zero attached hydrogens (tertiary/aromatic N) is 2. The highest BCUT2D eigenvalue weighted by molar-refractivity contribution is 9.10. The lowest BCUT2D eigenvalue weighted by Crippen LogP contribution is -2.52. The molecule has 2 aromatic carbocycles. The van der Waals surface area contributed by atoms with Crippen LogP contribution in [0.3, 0.4) is 0 Å². The van der Waals surface area contributed by atoms with Gasteiger partial charge in [-0.25, -0.2) is 0 Å². The van der Waals surface area contributed by atoms with Gasteiger partial charge in [0.2, 0.25) is 11.8 Å². The number of phenolic OH excluding ortho intramolecular Hbond substituents is 1. The molecule has 2 heterocycles. The first-order chi connectivity index (χ1) is 17.2. The molecule has 36 heavy (non-hydrogen) atoms. The molecular formula is C26H22BrN3O6. The van der Waals surface area contributed by atoms with Crippen LogP contribution < -0.4 is 5.32 Å². The van der Waals surface area contributed by atoms with Gasteiger partial charge in [0.1, 0.15) is 17.6 Å². The van der Waals surface area contributed by atoms with E-state index in [4.69, 9.17) is 0 Å². The molecule has 0 saturated carbocycles. The molecular weight excluding hydrogens is 530 g/mol. The molecule has 2 atom stereocenters. The van der Waals surface area contributed by atoms with E-state index in [9.17, 15) is 29.4 Å². The number of aliphatic imine (C=N–C) groups is 1. The summed E-state index contributed by atoms with van der Waals surface area (Å²) in [6.07, 6.45) is 2.10. The number of imide groups is 1. The number of benzene rings is 2. The van der Waals surface area contributed by atoms with Gasteiger partial charge >= 0.3 is 0 Å². The summed E-state index contributed by atoms with van der Waals surface area (Å²) < 4.78 is 0.744. The van der Waals surface area contributed by atoms with Crippen molar-refractivity contribution in [2.45, 2.75) is 44.2 Å². The number of ketones is 1. The molecule has 1 aliphatic carbocycles. The first kappa shape index (κ1) is 23.9. The summed E-state index contributed by atoms with van der Waals surface area (Å²) in [6.45, 7) is 0.153. The Morgan fingerprint density at radius 3 is 2.64 bits per heavy atom. The van der Waals surface area contributed by atoms with Crippen LogP contribution in [0.15, 0.2) is 57.2 Å². The van der Waals surface area contributed by atoms with Crippen LogP contribution in [0, 0.1) is 0 Å². The summed E-state index contributed by atoms with van der Waals surface area (Å²) in [5, 5.41) is 22.8. The maximum atomic E-state index is 13.0. The van der Waals surface area contributed by atoms with Crippen LogP contribution in [0.5, 0.6) is 5.75 Å². The van der Waals surface area contributed by atoms with E-state index in [1.165, 1.54) is 17.2 Å². The quantitative estimate of drug-likeness (QED) is 0.392. The van der Waals surface area contributed by atoms with Gasteiger partial charge in [0.15, 0.2) is 5.78 Å². The highest BCUT2D eigenvalue weighted by Gasteiger charge is 2.40. The summed E-state index contributed by atoms with van der Waals surface area (Å²) >= 11 is 3.44. The SMILES string of the molecule is O=C1CCC(N2Cc3c(N=CC4=C(O)CC(c5cc(O)ccc5Br)CC4=O)cccc3C2=O)C(=O)N1. The molecule has 3 N–H and O–H groups in total. The third-order valence-electron chi connectivity index (χ3n) is 6.79. The predicted molar refractivity (Wildman–Crippen MR) is 133 cm³/mol. The smallest absolute Gasteiger partial charge is 0.255 e. The van der Waals surface area contributed by atoms with E-state index in [1.807, 2.05) is 0 Å². The first-order valence-corrected chi connectivity index (χ1v) is 12.3. The van der Waals surface area contributed by atoms with Gasteiger partial charge in [-0.15, -0.1) is 0 Å². The number of carbonyl (C=O) groups excluding carboxylic acids is 4. The lowest BCUT2D eigenvalue weighted by molar-refractivity contribution is -0.137. The number of aliphatic hydroxyl groups is 1. The van der Waals surface area contributed by atoms with Crippen LogP contribution in [-0.4, -0.2) is 50.9 Å². The van der Waals surface area contributed by atoms with Crippen molar-refractivity contribution >= 4 is 51.3 Å². The minimum Gasteiger partial charge on any atom is -0.511 e. The van der Waals surface area contributed by atoms with Crippen LogP contribution in [-0.2, 0) is 20.9 Å². The van der Waals surface area contributed by atoms with Crippen molar-refractivity contribution in [1.82, 2.24) is 10.2 Å². The number of aromatic hydroxyl groups is 1. The molecule has 0 spiro atoms. The zero-order valence-electron chi connectivity index (χ0n) is 19.0. The number of amides is 3. The highest BCUT2D eigenvalue weighted by atomic mass is 79.9. The second-order valence-electron chi connectivity index (χ2n) is 9.06. The Bertz CT molecular complexity index is 1380. The van der Waals surface area contributed by atoms with E-state index < -0.39 is 11.9 Å². The molecule has 5 rings (SSSR count). The maximum Gasteiger partial charge on any atom is 0.255 e. The van der Waals surface area contributed by atoms with Crippen molar-refractivity contribution < 1.29 is 29.4 Å². The van der Waals surface area contributed by atoms with Crippen molar-refractivity contribution in [1.29, 1.82) is 0 Å². The van der Waals surface area contributed by atoms with Gasteiger partial charge in [0.25, 0.3) is 5.91 Å². The Balaban J connectivity index is 1.38. The van der Waals surface area contributed by atoms with Gasteiger partial charge in [-0.3, -0.25) is 29.5 Å². The Kier molecular flexibility index (Phi) is 6.21. The normalized spacial score (nSPS) is 22.4. The molecule has 0 bridgehead atoms. The molecule has 0 radical (unpaired) electrons. The number of fused-ring (bicyclic) bond motifs is 1. The number of phenols is 1. The molecule has 2 aromatic rings. The molecule has 1 fully saturated rings. The molecule has 3 aliphatic rings. The van der Waals surface area contributed by atoms with Crippen molar-refractivity contribution in [3.05, 3.63) is 68.9 Å². The van der Waals surface area contributed by atoms with Crippen LogP contribution >= 0.6 is 15.9 Å². The molecule has 10 heteroatoms. The van der Waals surface area contributed by atoms with E-state index in [-0.39, 0.29) is 72.8 Å². The number of piperidine rings is 1. The maximum absolute atomic E-state index is 13.0. The molecule has 0 aromatic heterocycles. The number of carbonyl (C=O) groups is 4. The van der Waals surface area contributed by atoms with E-state index in [0.717, 1.165) is 10.0 Å². The zero-order chi connectivity index (χ0) is 25.6. The summed E-state index contributed by atoms with van der Waals surface area (Å²) in [5.41, 5.74) is 2.33. The number of halogens is 1. The number of aliphatic hydroxyl groups excluding tert-OH is 1. The fourth-order valence-electron chi connectivity index (χ4n) is 4.94. The van der Waals surface area contributed by atoms with Crippen LogP contribution in [0.2, 0.25) is 0 Å². The summed E-state index contributed by atoms with van der Waals surface area (Å²) in [7, 11) is 0. The minimum absolute atomic E-state index is 0.0790. The van der Waals surface area contributed by atoms with Crippen LogP contribution in [0.25, 0.3) is 0 Å². The Labute approximate surface area is 214 Å². The lowest BCUT2D eigenvalue weighted by Gasteiger charge is -2.29. The second kappa shape index (κ2) is 9.34. The monoisotopic (exact) mass is 551 g/mol. The van der Waals surface area contributed by atoms with Gasteiger partial charge in [-0.2, -0.15) is 0 Å². The van der Waals surface area contributed by atoms with Crippen LogP contribution in [0.1, 0.15) is 53.1 Å². The number of rotatable bonds is 4. The average Bonchev–Trinajstić information content (AvgIpc) is 3.17. The topological polar surface area (TPSA) is 136 Å². The van der Waals surface area contributed by atoms with Gasteiger partial charge in [0, 0.05) is 47.6 Å². The van der Waals surface area contributed by atoms with Gasteiger partial charge in [-0.05, 0) is 48.2 Å². The molecule has 1 saturated heterocycles. The van der Waals surface area contributed by atoms with Crippen molar-refractivity contribution in [3.63, 3.8) is 0 Å². The number of hydrogen-bond acceptors (Lipinski definition) is 7. The average molecular weight is 552 g/mol. The summed E-state index contributed by atoms with van der Waals surface area (Å²) in [5.74, 6) is -1.75. The lowest BCUT2D eigenvalue weighted by atomic mass is 9.83. The van der Waals surface area contributed by atoms with Gasteiger partial charge in [0.05, 0.1) is 11.3 Å². The molecule has 184 valence electrons. The summed E-state index contributed by atoms with van der Waals surface area (Å²) in [4.78, 5) is 55.5. The van der Waals surface area contributed by atoms with E-state index in [2.05, 4.69) is 26.2 Å². The number of hydrogen-bond donors (Lipinski definition) is 3. The van der Waals surface area contributed by atoms with E-state index in [1.54, 1.807) is 30.3 Å². The molecule has 2 aliphatic heterocycles. The highest BCUT2D eigenvalue weighted by Crippen LogP contribution is 2.39. The van der Waals surface area contributed by atoms with Crippen LogP contribution in [0.4, 0.5) is 5.69 Å². The molecule has 9 nitrogen and oxygen atoms in total. The third kappa shape index (κ3) is 4.32. The third-order valence-corrected chi connectivity index (χ3v) is 7.51. The fourth-order valence-corrected chi connectivity index (χ4v) is 5.52. The van der Waals surface area contributed by atoms with Crippen molar-refractivity contribution in [3.8, 4) is 5.75 Å².